The smallest absolute Gasteiger partial charge is 0.339 e. The number of rotatable bonds is 6. The molecule has 1 N–H and O–H groups in total. The predicted octanol–water partition coefficient (Wildman–Crippen LogP) is 2.38. The zero-order valence-corrected chi connectivity index (χ0v) is 14.5. The number of aromatic amines is 1. The lowest BCUT2D eigenvalue weighted by atomic mass is 10.1. The van der Waals surface area contributed by atoms with Crippen LogP contribution in [0.5, 0.6) is 0 Å². The van der Waals surface area contributed by atoms with Crippen molar-refractivity contribution in [1.29, 1.82) is 0 Å². The fourth-order valence-corrected chi connectivity index (χ4v) is 2.64. The van der Waals surface area contributed by atoms with E-state index in [1.165, 1.54) is 7.11 Å². The lowest BCUT2D eigenvalue weighted by molar-refractivity contribution is 0.0599. The highest BCUT2D eigenvalue weighted by Gasteiger charge is 2.25. The van der Waals surface area contributed by atoms with Gasteiger partial charge < -0.3 is 14.6 Å². The van der Waals surface area contributed by atoms with Gasteiger partial charge in [-0.2, -0.15) is 0 Å². The number of likely N-dealkylation sites (N-methyl/N-ethyl adjacent to an activating group) is 1. The Labute approximate surface area is 141 Å². The van der Waals surface area contributed by atoms with E-state index in [4.69, 9.17) is 4.74 Å². The highest BCUT2D eigenvalue weighted by Crippen LogP contribution is 2.21. The van der Waals surface area contributed by atoms with Gasteiger partial charge in [0, 0.05) is 37.6 Å². The largest absolute Gasteiger partial charge is 0.465 e. The van der Waals surface area contributed by atoms with Crippen molar-refractivity contribution < 1.29 is 14.3 Å². The number of aromatic nitrogens is 2. The van der Waals surface area contributed by atoms with E-state index >= 15 is 0 Å². The number of ether oxygens (including phenoxy) is 1. The number of esters is 1. The number of hydrogen-bond acceptors (Lipinski definition) is 4. The van der Waals surface area contributed by atoms with Crippen LogP contribution in [0.3, 0.4) is 0 Å². The molecular weight excluding hydrogens is 306 g/mol. The van der Waals surface area contributed by atoms with Crippen molar-refractivity contribution in [3.05, 3.63) is 52.6 Å². The Morgan fingerprint density at radius 1 is 1.33 bits per heavy atom. The molecule has 2 rings (SSSR count). The number of nitrogens with zero attached hydrogens (tertiary/aromatic N) is 2. The molecule has 0 atom stereocenters. The Hall–Kier alpha value is -2.63. The second-order valence-electron chi connectivity index (χ2n) is 5.62. The van der Waals surface area contributed by atoms with Crippen molar-refractivity contribution in [3.8, 4) is 0 Å². The molecule has 2 aromatic heterocycles. The molecule has 0 radical (unpaired) electrons. The summed E-state index contributed by atoms with van der Waals surface area (Å²) in [7, 11) is 3.09. The average Bonchev–Trinajstić information content (AvgIpc) is 2.95. The standard InChI is InChI=1S/C18H23N3O3/c1-5-14-15(18(23)24-4)12(2)16(20-14)17(22)21(3)11-9-13-8-6-7-10-19-13/h6-8,10,20H,5,9,11H2,1-4H3. The maximum absolute atomic E-state index is 12.7. The molecule has 0 saturated carbocycles. The summed E-state index contributed by atoms with van der Waals surface area (Å²) >= 11 is 0. The Kier molecular flexibility index (Phi) is 5.73. The SMILES string of the molecule is CCc1[nH]c(C(=O)N(C)CCc2ccccn2)c(C)c1C(=O)OC. The second-order valence-corrected chi connectivity index (χ2v) is 5.62. The molecule has 0 aliphatic carbocycles. The van der Waals surface area contributed by atoms with E-state index in [9.17, 15) is 9.59 Å². The monoisotopic (exact) mass is 329 g/mol. The minimum absolute atomic E-state index is 0.145. The Balaban J connectivity index is 2.16. The normalized spacial score (nSPS) is 10.5. The van der Waals surface area contributed by atoms with Crippen molar-refractivity contribution in [2.24, 2.45) is 0 Å². The molecule has 0 unspecified atom stereocenters. The molecule has 0 spiro atoms. The summed E-state index contributed by atoms with van der Waals surface area (Å²) < 4.78 is 4.83. The number of aryl methyl sites for hydroxylation is 1. The van der Waals surface area contributed by atoms with E-state index in [0.717, 1.165) is 11.4 Å². The first kappa shape index (κ1) is 17.7. The zero-order chi connectivity index (χ0) is 17.7. The van der Waals surface area contributed by atoms with E-state index < -0.39 is 5.97 Å². The molecule has 0 aliphatic heterocycles. The predicted molar refractivity (Wildman–Crippen MR) is 91.1 cm³/mol. The van der Waals surface area contributed by atoms with Crippen LogP contribution < -0.4 is 0 Å². The Bertz CT molecular complexity index is 723. The number of pyridine rings is 1. The number of carbonyl (C=O) groups is 2. The highest BCUT2D eigenvalue weighted by atomic mass is 16.5. The molecule has 2 heterocycles. The van der Waals surface area contributed by atoms with Crippen LogP contribution in [0, 0.1) is 6.92 Å². The minimum atomic E-state index is -0.421. The van der Waals surface area contributed by atoms with E-state index in [2.05, 4.69) is 9.97 Å². The quantitative estimate of drug-likeness (QED) is 0.826. The lowest BCUT2D eigenvalue weighted by Crippen LogP contribution is -2.29. The third kappa shape index (κ3) is 3.64. The number of nitrogens with one attached hydrogen (secondary N) is 1. The van der Waals surface area contributed by atoms with Crippen LogP contribution in [0.1, 0.15) is 44.7 Å². The number of carbonyl (C=O) groups excluding carboxylic acids is 2. The van der Waals surface area contributed by atoms with Crippen LogP contribution in [-0.4, -0.2) is 47.4 Å². The summed E-state index contributed by atoms with van der Waals surface area (Å²) in [6, 6.07) is 5.72. The molecule has 0 aromatic carbocycles. The molecule has 0 bridgehead atoms. The van der Waals surface area contributed by atoms with Crippen molar-refractivity contribution in [3.63, 3.8) is 0 Å². The second kappa shape index (κ2) is 7.77. The number of amides is 1. The summed E-state index contributed by atoms with van der Waals surface area (Å²) in [5, 5.41) is 0. The molecule has 2 aromatic rings. The first-order chi connectivity index (χ1) is 11.5. The van der Waals surface area contributed by atoms with Crippen molar-refractivity contribution >= 4 is 11.9 Å². The molecular formula is C18H23N3O3. The third-order valence-electron chi connectivity index (χ3n) is 4.06. The fourth-order valence-electron chi connectivity index (χ4n) is 2.64. The topological polar surface area (TPSA) is 75.3 Å². The van der Waals surface area contributed by atoms with Gasteiger partial charge in [0.15, 0.2) is 0 Å². The van der Waals surface area contributed by atoms with Crippen LogP contribution in [0.25, 0.3) is 0 Å². The molecule has 6 nitrogen and oxygen atoms in total. The summed E-state index contributed by atoms with van der Waals surface area (Å²) in [5.74, 6) is -0.566. The number of methoxy groups -OCH3 is 1. The zero-order valence-electron chi connectivity index (χ0n) is 14.5. The summed E-state index contributed by atoms with van der Waals surface area (Å²) in [5.41, 5.74) is 3.19. The maximum Gasteiger partial charge on any atom is 0.339 e. The van der Waals surface area contributed by atoms with Gasteiger partial charge >= 0.3 is 5.97 Å². The van der Waals surface area contributed by atoms with Gasteiger partial charge in [0.25, 0.3) is 5.91 Å². The number of H-pyrrole nitrogens is 1. The minimum Gasteiger partial charge on any atom is -0.465 e. The van der Waals surface area contributed by atoms with Gasteiger partial charge in [-0.1, -0.05) is 13.0 Å². The van der Waals surface area contributed by atoms with Crippen LogP contribution >= 0.6 is 0 Å². The van der Waals surface area contributed by atoms with Crippen LogP contribution in [0.4, 0.5) is 0 Å². The van der Waals surface area contributed by atoms with E-state index in [1.54, 1.807) is 25.1 Å². The molecule has 128 valence electrons. The van der Waals surface area contributed by atoms with Gasteiger partial charge in [-0.3, -0.25) is 9.78 Å². The maximum atomic E-state index is 12.7. The summed E-state index contributed by atoms with van der Waals surface area (Å²) in [4.78, 5) is 33.6. The summed E-state index contributed by atoms with van der Waals surface area (Å²) in [6.45, 7) is 4.24. The van der Waals surface area contributed by atoms with Gasteiger partial charge in [-0.05, 0) is 31.0 Å². The van der Waals surface area contributed by atoms with Gasteiger partial charge in [-0.25, -0.2) is 4.79 Å². The lowest BCUT2D eigenvalue weighted by Gasteiger charge is -2.16. The van der Waals surface area contributed by atoms with E-state index in [1.807, 2.05) is 25.1 Å². The number of hydrogen-bond donors (Lipinski definition) is 1. The molecule has 1 amide bonds. The highest BCUT2D eigenvalue weighted by molar-refractivity contribution is 6.00. The van der Waals surface area contributed by atoms with Crippen LogP contribution in [0.15, 0.2) is 24.4 Å². The summed E-state index contributed by atoms with van der Waals surface area (Å²) in [6.07, 6.45) is 3.03. The van der Waals surface area contributed by atoms with Gasteiger partial charge in [0.1, 0.15) is 5.69 Å². The van der Waals surface area contributed by atoms with Crippen molar-refractivity contribution in [2.75, 3.05) is 20.7 Å². The van der Waals surface area contributed by atoms with Crippen LogP contribution in [0.2, 0.25) is 0 Å². The molecule has 0 fully saturated rings. The molecule has 0 aliphatic rings. The third-order valence-corrected chi connectivity index (χ3v) is 4.06. The Morgan fingerprint density at radius 3 is 2.67 bits per heavy atom. The fraction of sp³-hybridized carbons (Fsp3) is 0.389. The average molecular weight is 329 g/mol. The van der Waals surface area contributed by atoms with Crippen LogP contribution in [-0.2, 0) is 17.6 Å². The Morgan fingerprint density at radius 2 is 2.08 bits per heavy atom. The van der Waals surface area contributed by atoms with Gasteiger partial charge in [-0.15, -0.1) is 0 Å². The van der Waals surface area contributed by atoms with Crippen molar-refractivity contribution in [1.82, 2.24) is 14.9 Å². The van der Waals surface area contributed by atoms with E-state index in [-0.39, 0.29) is 5.91 Å². The first-order valence-electron chi connectivity index (χ1n) is 7.94. The van der Waals surface area contributed by atoms with Gasteiger partial charge in [0.2, 0.25) is 0 Å². The first-order valence-corrected chi connectivity index (χ1v) is 7.94. The van der Waals surface area contributed by atoms with E-state index in [0.29, 0.717) is 36.2 Å². The van der Waals surface area contributed by atoms with Crippen molar-refractivity contribution in [2.45, 2.75) is 26.7 Å². The molecule has 24 heavy (non-hydrogen) atoms. The molecule has 6 heteroatoms. The van der Waals surface area contributed by atoms with Gasteiger partial charge in [0.05, 0.1) is 12.7 Å². The molecule has 0 saturated heterocycles.